The largest absolute Gasteiger partial charge is 0.376 e. The Bertz CT molecular complexity index is 807. The summed E-state index contributed by atoms with van der Waals surface area (Å²) in [4.78, 5) is 0. The van der Waals surface area contributed by atoms with Crippen LogP contribution >= 0.6 is 11.3 Å². The van der Waals surface area contributed by atoms with Crippen molar-refractivity contribution in [3.8, 4) is 0 Å². The van der Waals surface area contributed by atoms with Gasteiger partial charge in [0.05, 0.1) is 18.9 Å². The summed E-state index contributed by atoms with van der Waals surface area (Å²) in [7, 11) is -3.53. The van der Waals surface area contributed by atoms with Crippen LogP contribution in [-0.4, -0.2) is 15.0 Å². The summed E-state index contributed by atoms with van der Waals surface area (Å²) in [6.45, 7) is 1.16. The van der Waals surface area contributed by atoms with E-state index in [0.29, 0.717) is 29.0 Å². The third-order valence-corrected chi connectivity index (χ3v) is 7.08. The molecule has 6 heteroatoms. The first-order chi connectivity index (χ1) is 10.6. The molecule has 0 radical (unpaired) electrons. The van der Waals surface area contributed by atoms with Crippen LogP contribution in [0.25, 0.3) is 0 Å². The molecule has 4 nitrogen and oxygen atoms in total. The number of anilines is 1. The summed E-state index contributed by atoms with van der Waals surface area (Å²) in [5.74, 6) is 0.422. The average Bonchev–Trinajstić information content (AvgIpc) is 3.23. The molecular formula is C16H17NO3S2. The van der Waals surface area contributed by atoms with E-state index in [-0.39, 0.29) is 0 Å². The van der Waals surface area contributed by atoms with Crippen LogP contribution in [-0.2, 0) is 27.8 Å². The van der Waals surface area contributed by atoms with Crippen LogP contribution in [0.4, 0.5) is 5.69 Å². The zero-order valence-electron chi connectivity index (χ0n) is 12.0. The number of rotatable bonds is 4. The number of hydrogen-bond donors (Lipinski definition) is 1. The van der Waals surface area contributed by atoms with Gasteiger partial charge in [-0.3, -0.25) is 4.72 Å². The summed E-state index contributed by atoms with van der Waals surface area (Å²) < 4.78 is 34.2. The SMILES string of the molecule is O=S(=O)(Nc1cccc2c1COCC2)c1sccc1C1CC1. The fourth-order valence-electron chi connectivity index (χ4n) is 2.90. The van der Waals surface area contributed by atoms with Gasteiger partial charge in [0, 0.05) is 5.56 Å². The molecule has 1 N–H and O–H groups in total. The number of ether oxygens (including phenoxy) is 1. The Morgan fingerprint density at radius 3 is 2.91 bits per heavy atom. The van der Waals surface area contributed by atoms with Crippen LogP contribution in [0.3, 0.4) is 0 Å². The summed E-state index contributed by atoms with van der Waals surface area (Å²) >= 11 is 1.30. The molecule has 4 rings (SSSR count). The molecular weight excluding hydrogens is 318 g/mol. The minimum atomic E-state index is -3.53. The van der Waals surface area contributed by atoms with Crippen LogP contribution in [0.1, 0.15) is 35.4 Å². The maximum atomic E-state index is 12.8. The summed E-state index contributed by atoms with van der Waals surface area (Å²) in [6, 6.07) is 7.70. The van der Waals surface area contributed by atoms with Gasteiger partial charge < -0.3 is 4.74 Å². The Labute approximate surface area is 134 Å². The van der Waals surface area contributed by atoms with Crippen molar-refractivity contribution in [3.05, 3.63) is 46.3 Å². The molecule has 116 valence electrons. The second kappa shape index (κ2) is 5.37. The first kappa shape index (κ1) is 14.2. The van der Waals surface area contributed by atoms with Crippen molar-refractivity contribution in [1.29, 1.82) is 0 Å². The lowest BCUT2D eigenvalue weighted by Gasteiger charge is -2.20. The van der Waals surface area contributed by atoms with Crippen LogP contribution in [0.2, 0.25) is 0 Å². The molecule has 0 atom stereocenters. The Hall–Kier alpha value is -1.37. The highest BCUT2D eigenvalue weighted by Crippen LogP contribution is 2.45. The molecule has 2 heterocycles. The second-order valence-corrected chi connectivity index (χ2v) is 8.58. The third kappa shape index (κ3) is 2.55. The van der Waals surface area contributed by atoms with E-state index >= 15 is 0 Å². The van der Waals surface area contributed by atoms with E-state index in [9.17, 15) is 8.42 Å². The number of sulfonamides is 1. The molecule has 0 bridgehead atoms. The fourth-order valence-corrected chi connectivity index (χ4v) is 5.53. The highest BCUT2D eigenvalue weighted by atomic mass is 32.2. The monoisotopic (exact) mass is 335 g/mol. The number of thiophene rings is 1. The van der Waals surface area contributed by atoms with E-state index in [2.05, 4.69) is 4.72 Å². The average molecular weight is 335 g/mol. The molecule has 1 saturated carbocycles. The normalized spacial score (nSPS) is 18.0. The van der Waals surface area contributed by atoms with Gasteiger partial charge in [0.25, 0.3) is 10.0 Å². The highest BCUT2D eigenvalue weighted by Gasteiger charge is 2.32. The van der Waals surface area contributed by atoms with Crippen molar-refractivity contribution in [3.63, 3.8) is 0 Å². The topological polar surface area (TPSA) is 55.4 Å². The molecule has 1 aliphatic carbocycles. The lowest BCUT2D eigenvalue weighted by molar-refractivity contribution is 0.111. The Morgan fingerprint density at radius 2 is 2.09 bits per heavy atom. The van der Waals surface area contributed by atoms with Gasteiger partial charge >= 0.3 is 0 Å². The fraction of sp³-hybridized carbons (Fsp3) is 0.375. The van der Waals surface area contributed by atoms with Crippen LogP contribution in [0, 0.1) is 0 Å². The standard InChI is InChI=1S/C16H17NO3S2/c18-22(19,16-13(7-9-21-16)12-4-5-12)17-15-3-1-2-11-6-8-20-10-14(11)15/h1-3,7,9,12,17H,4-6,8,10H2. The predicted octanol–water partition coefficient (Wildman–Crippen LogP) is 3.50. The van der Waals surface area contributed by atoms with Gasteiger partial charge in [-0.05, 0) is 53.8 Å². The van der Waals surface area contributed by atoms with Gasteiger partial charge in [-0.25, -0.2) is 8.42 Å². The molecule has 0 amide bonds. The molecule has 1 fully saturated rings. The number of benzene rings is 1. The van der Waals surface area contributed by atoms with Crippen molar-refractivity contribution >= 4 is 27.0 Å². The van der Waals surface area contributed by atoms with Gasteiger partial charge in [-0.1, -0.05) is 12.1 Å². The lowest BCUT2D eigenvalue weighted by atomic mass is 10.0. The Morgan fingerprint density at radius 1 is 1.23 bits per heavy atom. The number of hydrogen-bond acceptors (Lipinski definition) is 4. The quantitative estimate of drug-likeness (QED) is 0.930. The van der Waals surface area contributed by atoms with Crippen molar-refractivity contribution in [1.82, 2.24) is 0 Å². The van der Waals surface area contributed by atoms with E-state index in [1.165, 1.54) is 16.9 Å². The van der Waals surface area contributed by atoms with Crippen LogP contribution in [0.15, 0.2) is 33.9 Å². The Kier molecular flexibility index (Phi) is 3.47. The minimum Gasteiger partial charge on any atom is -0.376 e. The molecule has 2 aliphatic rings. The highest BCUT2D eigenvalue weighted by molar-refractivity contribution is 7.94. The Balaban J connectivity index is 1.69. The summed E-state index contributed by atoms with van der Waals surface area (Å²) in [5.41, 5.74) is 3.74. The molecule has 2 aromatic rings. The molecule has 1 aromatic carbocycles. The lowest BCUT2D eigenvalue weighted by Crippen LogP contribution is -2.17. The maximum Gasteiger partial charge on any atom is 0.271 e. The minimum absolute atomic E-state index is 0.422. The van der Waals surface area contributed by atoms with Crippen molar-refractivity contribution < 1.29 is 13.2 Å². The van der Waals surface area contributed by atoms with E-state index in [1.54, 1.807) is 0 Å². The molecule has 22 heavy (non-hydrogen) atoms. The van der Waals surface area contributed by atoms with Crippen LogP contribution in [0.5, 0.6) is 0 Å². The van der Waals surface area contributed by atoms with Gasteiger partial charge in [-0.2, -0.15) is 0 Å². The molecule has 1 aromatic heterocycles. The van der Waals surface area contributed by atoms with Crippen molar-refractivity contribution in [2.45, 2.75) is 36.0 Å². The van der Waals surface area contributed by atoms with E-state index in [0.717, 1.165) is 30.4 Å². The van der Waals surface area contributed by atoms with Crippen molar-refractivity contribution in [2.75, 3.05) is 11.3 Å². The van der Waals surface area contributed by atoms with Gasteiger partial charge in [0.15, 0.2) is 0 Å². The van der Waals surface area contributed by atoms with E-state index in [4.69, 9.17) is 4.74 Å². The zero-order chi connectivity index (χ0) is 15.2. The predicted molar refractivity (Wildman–Crippen MR) is 86.9 cm³/mol. The maximum absolute atomic E-state index is 12.8. The summed E-state index contributed by atoms with van der Waals surface area (Å²) in [5, 5.41) is 1.87. The van der Waals surface area contributed by atoms with Gasteiger partial charge in [0.1, 0.15) is 4.21 Å². The van der Waals surface area contributed by atoms with Crippen molar-refractivity contribution in [2.24, 2.45) is 0 Å². The molecule has 0 unspecified atom stereocenters. The molecule has 0 spiro atoms. The second-order valence-electron chi connectivity index (χ2n) is 5.79. The number of nitrogens with one attached hydrogen (secondary N) is 1. The third-order valence-electron chi connectivity index (χ3n) is 4.20. The zero-order valence-corrected chi connectivity index (χ0v) is 13.7. The summed E-state index contributed by atoms with van der Waals surface area (Å²) in [6.07, 6.45) is 3.01. The van der Waals surface area contributed by atoms with Crippen LogP contribution < -0.4 is 4.72 Å². The first-order valence-electron chi connectivity index (χ1n) is 7.44. The van der Waals surface area contributed by atoms with E-state index in [1.807, 2.05) is 29.6 Å². The smallest absolute Gasteiger partial charge is 0.271 e. The first-order valence-corrected chi connectivity index (χ1v) is 9.80. The van der Waals surface area contributed by atoms with Gasteiger partial charge in [0.2, 0.25) is 0 Å². The molecule has 0 saturated heterocycles. The van der Waals surface area contributed by atoms with Gasteiger partial charge in [-0.15, -0.1) is 11.3 Å². The van der Waals surface area contributed by atoms with E-state index < -0.39 is 10.0 Å². The number of fused-ring (bicyclic) bond motifs is 1. The molecule has 1 aliphatic heterocycles.